The highest BCUT2D eigenvalue weighted by atomic mass is 19.4. The van der Waals surface area contributed by atoms with Gasteiger partial charge in [-0.05, 0) is 19.1 Å². The average Bonchev–Trinajstić information content (AvgIpc) is 2.54. The maximum atomic E-state index is 12.5. The number of piperazine rings is 1. The average molecular weight is 344 g/mol. The summed E-state index contributed by atoms with van der Waals surface area (Å²) in [7, 11) is 0. The van der Waals surface area contributed by atoms with Crippen LogP contribution in [0, 0.1) is 0 Å². The second kappa shape index (κ2) is 7.61. The summed E-state index contributed by atoms with van der Waals surface area (Å²) >= 11 is 0. The van der Waals surface area contributed by atoms with E-state index in [1.165, 1.54) is 0 Å². The third-order valence-corrected chi connectivity index (χ3v) is 3.70. The third-order valence-electron chi connectivity index (χ3n) is 3.70. The van der Waals surface area contributed by atoms with Gasteiger partial charge in [0.1, 0.15) is 5.69 Å². The predicted molar refractivity (Wildman–Crippen MR) is 80.3 cm³/mol. The van der Waals surface area contributed by atoms with Crippen LogP contribution in [0.1, 0.15) is 23.0 Å². The van der Waals surface area contributed by atoms with Crippen molar-refractivity contribution in [3.63, 3.8) is 0 Å². The molecule has 0 bridgehead atoms. The van der Waals surface area contributed by atoms with E-state index in [9.17, 15) is 22.8 Å². The zero-order chi connectivity index (χ0) is 17.7. The molecule has 2 amide bonds. The van der Waals surface area contributed by atoms with E-state index in [-0.39, 0.29) is 23.9 Å². The van der Waals surface area contributed by atoms with Crippen LogP contribution in [-0.4, -0.2) is 65.9 Å². The number of carbonyl (C=O) groups is 2. The summed E-state index contributed by atoms with van der Waals surface area (Å²) in [4.78, 5) is 30.6. The Kier molecular flexibility index (Phi) is 5.76. The number of halogens is 3. The van der Waals surface area contributed by atoms with Crippen molar-refractivity contribution < 1.29 is 22.8 Å². The Morgan fingerprint density at radius 3 is 2.38 bits per heavy atom. The Balaban J connectivity index is 1.89. The molecule has 0 radical (unpaired) electrons. The number of aromatic nitrogens is 1. The van der Waals surface area contributed by atoms with Crippen molar-refractivity contribution in [2.24, 2.45) is 0 Å². The van der Waals surface area contributed by atoms with Gasteiger partial charge in [-0.15, -0.1) is 0 Å². The molecule has 0 saturated carbocycles. The second-order valence-corrected chi connectivity index (χ2v) is 5.45. The maximum Gasteiger partial charge on any atom is 0.433 e. The van der Waals surface area contributed by atoms with Crippen LogP contribution in [0.25, 0.3) is 0 Å². The lowest BCUT2D eigenvalue weighted by atomic mass is 10.2. The standard InChI is InChI=1S/C15H19F3N4O2/c1-2-19-13(23)10-21-5-7-22(8-6-21)14(24)11-3-4-12(20-9-11)15(16,17)18/h3-4,9H,2,5-8,10H2,1H3,(H,19,23). The molecule has 1 aliphatic heterocycles. The fourth-order valence-corrected chi connectivity index (χ4v) is 2.44. The van der Waals surface area contributed by atoms with E-state index in [1.54, 1.807) is 4.90 Å². The smallest absolute Gasteiger partial charge is 0.355 e. The molecule has 1 fully saturated rings. The van der Waals surface area contributed by atoms with Gasteiger partial charge >= 0.3 is 6.18 Å². The summed E-state index contributed by atoms with van der Waals surface area (Å²) in [6, 6.07) is 1.94. The molecule has 132 valence electrons. The number of alkyl halides is 3. The maximum absolute atomic E-state index is 12.5. The van der Waals surface area contributed by atoms with Crippen LogP contribution >= 0.6 is 0 Å². The highest BCUT2D eigenvalue weighted by Crippen LogP contribution is 2.27. The van der Waals surface area contributed by atoms with Crippen LogP contribution in [0.5, 0.6) is 0 Å². The summed E-state index contributed by atoms with van der Waals surface area (Å²) in [5, 5.41) is 2.71. The summed E-state index contributed by atoms with van der Waals surface area (Å²) in [6.07, 6.45) is -3.57. The largest absolute Gasteiger partial charge is 0.433 e. The number of likely N-dealkylation sites (N-methyl/N-ethyl adjacent to an activating group) is 1. The molecule has 2 rings (SSSR count). The molecule has 24 heavy (non-hydrogen) atoms. The minimum Gasteiger partial charge on any atom is -0.355 e. The van der Waals surface area contributed by atoms with Crippen molar-refractivity contribution in [1.82, 2.24) is 20.1 Å². The molecular formula is C15H19F3N4O2. The number of nitrogens with one attached hydrogen (secondary N) is 1. The van der Waals surface area contributed by atoms with Crippen LogP contribution in [-0.2, 0) is 11.0 Å². The van der Waals surface area contributed by atoms with Gasteiger partial charge in [-0.1, -0.05) is 0 Å². The monoisotopic (exact) mass is 344 g/mol. The predicted octanol–water partition coefficient (Wildman–Crippen LogP) is 0.994. The van der Waals surface area contributed by atoms with Crippen molar-refractivity contribution in [1.29, 1.82) is 0 Å². The number of hydrogen-bond donors (Lipinski definition) is 1. The number of hydrogen-bond acceptors (Lipinski definition) is 4. The SMILES string of the molecule is CCNC(=O)CN1CCN(C(=O)c2ccc(C(F)(F)F)nc2)CC1. The van der Waals surface area contributed by atoms with Gasteiger partial charge < -0.3 is 10.2 Å². The first-order valence-corrected chi connectivity index (χ1v) is 7.63. The molecule has 6 nitrogen and oxygen atoms in total. The van der Waals surface area contributed by atoms with E-state index in [0.29, 0.717) is 32.7 Å². The number of nitrogens with zero attached hydrogens (tertiary/aromatic N) is 3. The molecule has 1 aromatic heterocycles. The first-order chi connectivity index (χ1) is 11.3. The van der Waals surface area contributed by atoms with Crippen LogP contribution in [0.4, 0.5) is 13.2 Å². The van der Waals surface area contributed by atoms with Crippen molar-refractivity contribution >= 4 is 11.8 Å². The Morgan fingerprint density at radius 2 is 1.88 bits per heavy atom. The van der Waals surface area contributed by atoms with Gasteiger partial charge in [0.15, 0.2) is 0 Å². The Labute approximate surface area is 137 Å². The number of carbonyl (C=O) groups excluding carboxylic acids is 2. The number of pyridine rings is 1. The molecule has 1 aromatic rings. The lowest BCUT2D eigenvalue weighted by Gasteiger charge is -2.34. The van der Waals surface area contributed by atoms with Crippen molar-refractivity contribution in [3.8, 4) is 0 Å². The van der Waals surface area contributed by atoms with Crippen LogP contribution in [0.15, 0.2) is 18.3 Å². The summed E-state index contributed by atoms with van der Waals surface area (Å²) in [5.74, 6) is -0.418. The molecule has 0 aromatic carbocycles. The minimum atomic E-state index is -4.52. The van der Waals surface area contributed by atoms with E-state index < -0.39 is 11.9 Å². The van der Waals surface area contributed by atoms with Gasteiger partial charge in [0.25, 0.3) is 5.91 Å². The Bertz CT molecular complexity index is 581. The van der Waals surface area contributed by atoms with Gasteiger partial charge in [-0.25, -0.2) is 0 Å². The molecule has 0 spiro atoms. The van der Waals surface area contributed by atoms with Gasteiger partial charge in [0.2, 0.25) is 5.91 Å². The molecule has 9 heteroatoms. The van der Waals surface area contributed by atoms with E-state index in [1.807, 2.05) is 11.8 Å². The minimum absolute atomic E-state index is 0.0655. The topological polar surface area (TPSA) is 65.5 Å². The molecular weight excluding hydrogens is 325 g/mol. The fraction of sp³-hybridized carbons (Fsp3) is 0.533. The molecule has 2 heterocycles. The van der Waals surface area contributed by atoms with Crippen LogP contribution in [0.2, 0.25) is 0 Å². The van der Waals surface area contributed by atoms with Crippen molar-refractivity contribution in [3.05, 3.63) is 29.6 Å². The van der Waals surface area contributed by atoms with Crippen LogP contribution in [0.3, 0.4) is 0 Å². The summed E-state index contributed by atoms with van der Waals surface area (Å²) in [5.41, 5.74) is -0.897. The lowest BCUT2D eigenvalue weighted by Crippen LogP contribution is -2.51. The van der Waals surface area contributed by atoms with Gasteiger partial charge in [-0.2, -0.15) is 13.2 Å². The quantitative estimate of drug-likeness (QED) is 0.885. The first kappa shape index (κ1) is 18.2. The molecule has 0 atom stereocenters. The van der Waals surface area contributed by atoms with Gasteiger partial charge in [0.05, 0.1) is 12.1 Å². The van der Waals surface area contributed by atoms with Crippen LogP contribution < -0.4 is 5.32 Å². The molecule has 1 N–H and O–H groups in total. The van der Waals surface area contributed by atoms with Gasteiger partial charge in [-0.3, -0.25) is 19.5 Å². The van der Waals surface area contributed by atoms with Crippen molar-refractivity contribution in [2.45, 2.75) is 13.1 Å². The highest BCUT2D eigenvalue weighted by molar-refractivity contribution is 5.94. The summed E-state index contributed by atoms with van der Waals surface area (Å²) < 4.78 is 37.4. The van der Waals surface area contributed by atoms with E-state index >= 15 is 0 Å². The molecule has 1 aliphatic rings. The Morgan fingerprint density at radius 1 is 1.21 bits per heavy atom. The molecule has 1 saturated heterocycles. The van der Waals surface area contributed by atoms with E-state index in [2.05, 4.69) is 10.3 Å². The Hall–Kier alpha value is -2.16. The fourth-order valence-electron chi connectivity index (χ4n) is 2.44. The number of rotatable bonds is 4. The molecule has 0 unspecified atom stereocenters. The zero-order valence-corrected chi connectivity index (χ0v) is 13.3. The van der Waals surface area contributed by atoms with E-state index in [4.69, 9.17) is 0 Å². The lowest BCUT2D eigenvalue weighted by molar-refractivity contribution is -0.141. The zero-order valence-electron chi connectivity index (χ0n) is 13.3. The van der Waals surface area contributed by atoms with E-state index in [0.717, 1.165) is 18.3 Å². The number of amides is 2. The third kappa shape index (κ3) is 4.67. The second-order valence-electron chi connectivity index (χ2n) is 5.45. The first-order valence-electron chi connectivity index (χ1n) is 7.63. The summed E-state index contributed by atoms with van der Waals surface area (Å²) in [6.45, 7) is 4.59. The van der Waals surface area contributed by atoms with Gasteiger partial charge in [0, 0.05) is 38.9 Å². The molecule has 0 aliphatic carbocycles. The highest BCUT2D eigenvalue weighted by Gasteiger charge is 2.32. The normalized spacial score (nSPS) is 16.1. The van der Waals surface area contributed by atoms with Crippen molar-refractivity contribution in [2.75, 3.05) is 39.3 Å².